The molecule has 0 aliphatic carbocycles. The summed E-state index contributed by atoms with van der Waals surface area (Å²) in [5, 5.41) is 0. The summed E-state index contributed by atoms with van der Waals surface area (Å²) < 4.78 is 0.713. The third-order valence-corrected chi connectivity index (χ3v) is 3.21. The van der Waals surface area contributed by atoms with Crippen molar-refractivity contribution in [2.75, 3.05) is 0 Å². The summed E-state index contributed by atoms with van der Waals surface area (Å²) in [5.74, 6) is 1.31. The summed E-state index contributed by atoms with van der Waals surface area (Å²) in [4.78, 5) is 11.8. The van der Waals surface area contributed by atoms with E-state index in [-0.39, 0.29) is 0 Å². The zero-order valence-corrected chi connectivity index (χ0v) is 11.7. The van der Waals surface area contributed by atoms with Gasteiger partial charge in [-0.05, 0) is 30.5 Å². The van der Waals surface area contributed by atoms with Gasteiger partial charge in [-0.2, -0.15) is 0 Å². The number of pyridine rings is 1. The van der Waals surface area contributed by atoms with Crippen molar-refractivity contribution in [2.45, 2.75) is 33.1 Å². The minimum absolute atomic E-state index is 0.399. The third kappa shape index (κ3) is 2.82. The van der Waals surface area contributed by atoms with Crippen LogP contribution < -0.4 is 0 Å². The van der Waals surface area contributed by atoms with Crippen LogP contribution >= 0.6 is 12.2 Å². The number of aromatic nitrogens is 3. The van der Waals surface area contributed by atoms with Crippen molar-refractivity contribution in [1.29, 1.82) is 0 Å². The molecule has 2 heterocycles. The van der Waals surface area contributed by atoms with Crippen LogP contribution in [0.25, 0.3) is 0 Å². The van der Waals surface area contributed by atoms with Crippen molar-refractivity contribution in [1.82, 2.24) is 15.0 Å². The minimum atomic E-state index is 0.399. The average Bonchev–Trinajstić information content (AvgIpc) is 2.28. The Labute approximate surface area is 112 Å². The molecule has 0 spiro atoms. The van der Waals surface area contributed by atoms with Crippen LogP contribution in [0.15, 0.2) is 24.5 Å². The van der Waals surface area contributed by atoms with Crippen LogP contribution in [-0.2, 0) is 6.42 Å². The number of rotatable bonds is 3. The maximum Gasteiger partial charge on any atom is 0.133 e. The lowest BCUT2D eigenvalue weighted by Crippen LogP contribution is -2.05. The Morgan fingerprint density at radius 3 is 2.50 bits per heavy atom. The highest BCUT2D eigenvalue weighted by Crippen LogP contribution is 2.18. The van der Waals surface area contributed by atoms with Crippen LogP contribution in [0, 0.1) is 11.6 Å². The molecule has 0 amide bonds. The first-order chi connectivity index (χ1) is 8.58. The second-order valence-electron chi connectivity index (χ2n) is 4.71. The Balaban J connectivity index is 2.35. The van der Waals surface area contributed by atoms with Crippen molar-refractivity contribution in [2.24, 2.45) is 0 Å². The molecule has 0 unspecified atom stereocenters. The van der Waals surface area contributed by atoms with Gasteiger partial charge in [-0.1, -0.05) is 26.1 Å². The predicted molar refractivity (Wildman–Crippen MR) is 75.3 cm³/mol. The van der Waals surface area contributed by atoms with Gasteiger partial charge in [0.15, 0.2) is 0 Å². The van der Waals surface area contributed by atoms with Crippen molar-refractivity contribution in [3.05, 3.63) is 51.8 Å². The zero-order valence-electron chi connectivity index (χ0n) is 10.9. The monoisotopic (exact) mass is 259 g/mol. The van der Waals surface area contributed by atoms with Gasteiger partial charge >= 0.3 is 0 Å². The molecule has 0 bridgehead atoms. The molecule has 4 heteroatoms. The normalized spacial score (nSPS) is 10.9. The van der Waals surface area contributed by atoms with Gasteiger partial charge in [0.25, 0.3) is 0 Å². The number of hydrogen-bond donors (Lipinski definition) is 1. The molecule has 0 radical (unpaired) electrons. The molecule has 0 saturated heterocycles. The summed E-state index contributed by atoms with van der Waals surface area (Å²) >= 11 is 5.38. The zero-order chi connectivity index (χ0) is 13.1. The molecule has 3 nitrogen and oxygen atoms in total. The number of H-pyrrole nitrogens is 1. The van der Waals surface area contributed by atoms with E-state index in [2.05, 4.69) is 35.7 Å². The highest BCUT2D eigenvalue weighted by Gasteiger charge is 2.09. The van der Waals surface area contributed by atoms with Gasteiger partial charge in [0.1, 0.15) is 10.5 Å². The van der Waals surface area contributed by atoms with Crippen LogP contribution in [0.3, 0.4) is 0 Å². The Kier molecular flexibility index (Phi) is 3.87. The van der Waals surface area contributed by atoms with Gasteiger partial charge in [-0.15, -0.1) is 0 Å². The number of aromatic amines is 1. The standard InChI is InChI=1S/C14H17N3S/c1-9(2)13-10(3)16-12(17-14(13)18)8-11-4-6-15-7-5-11/h4-7,9H,8H2,1-3H3,(H,16,17,18). The topological polar surface area (TPSA) is 41.6 Å². The fourth-order valence-corrected chi connectivity index (χ4v) is 2.61. The van der Waals surface area contributed by atoms with Crippen molar-refractivity contribution in [3.8, 4) is 0 Å². The van der Waals surface area contributed by atoms with E-state index in [1.54, 1.807) is 12.4 Å². The number of nitrogens with one attached hydrogen (secondary N) is 1. The summed E-state index contributed by atoms with van der Waals surface area (Å²) in [6.45, 7) is 6.33. The molecule has 0 saturated carbocycles. The Hall–Kier alpha value is -1.55. The fourth-order valence-electron chi connectivity index (χ4n) is 2.11. The van der Waals surface area contributed by atoms with Crippen LogP contribution in [0.5, 0.6) is 0 Å². The highest BCUT2D eigenvalue weighted by atomic mass is 32.1. The van der Waals surface area contributed by atoms with Crippen LogP contribution in [0.2, 0.25) is 0 Å². The Morgan fingerprint density at radius 2 is 1.94 bits per heavy atom. The first-order valence-electron chi connectivity index (χ1n) is 6.06. The Morgan fingerprint density at radius 1 is 1.28 bits per heavy atom. The number of hydrogen-bond acceptors (Lipinski definition) is 3. The van der Waals surface area contributed by atoms with E-state index < -0.39 is 0 Å². The molecule has 1 N–H and O–H groups in total. The van der Waals surface area contributed by atoms with Crippen LogP contribution in [0.1, 0.15) is 42.4 Å². The lowest BCUT2D eigenvalue weighted by molar-refractivity contribution is 0.803. The molecule has 0 atom stereocenters. The number of aryl methyl sites for hydroxylation is 1. The van der Waals surface area contributed by atoms with E-state index in [4.69, 9.17) is 12.2 Å². The fraction of sp³-hybridized carbons (Fsp3) is 0.357. The van der Waals surface area contributed by atoms with E-state index in [0.29, 0.717) is 10.6 Å². The van der Waals surface area contributed by atoms with Crippen LogP contribution in [0.4, 0.5) is 0 Å². The molecule has 0 fully saturated rings. The molecular formula is C14H17N3S. The second-order valence-corrected chi connectivity index (χ2v) is 5.10. The molecular weight excluding hydrogens is 242 g/mol. The van der Waals surface area contributed by atoms with Gasteiger partial charge in [0.2, 0.25) is 0 Å². The third-order valence-electron chi connectivity index (χ3n) is 2.90. The first kappa shape index (κ1) is 12.9. The van der Waals surface area contributed by atoms with E-state index >= 15 is 0 Å². The van der Waals surface area contributed by atoms with Gasteiger partial charge in [0.05, 0.1) is 0 Å². The average molecular weight is 259 g/mol. The molecule has 2 rings (SSSR count). The van der Waals surface area contributed by atoms with E-state index in [1.807, 2.05) is 12.1 Å². The quantitative estimate of drug-likeness (QED) is 0.857. The van der Waals surface area contributed by atoms with Crippen molar-refractivity contribution < 1.29 is 0 Å². The van der Waals surface area contributed by atoms with Gasteiger partial charge in [-0.3, -0.25) is 4.98 Å². The van der Waals surface area contributed by atoms with E-state index in [0.717, 1.165) is 23.5 Å². The van der Waals surface area contributed by atoms with Crippen molar-refractivity contribution >= 4 is 12.2 Å². The van der Waals surface area contributed by atoms with Crippen LogP contribution in [-0.4, -0.2) is 15.0 Å². The molecule has 2 aromatic rings. The highest BCUT2D eigenvalue weighted by molar-refractivity contribution is 7.71. The maximum atomic E-state index is 5.38. The summed E-state index contributed by atoms with van der Waals surface area (Å²) in [7, 11) is 0. The summed E-state index contributed by atoms with van der Waals surface area (Å²) in [6.07, 6.45) is 4.34. The first-order valence-corrected chi connectivity index (χ1v) is 6.47. The van der Waals surface area contributed by atoms with E-state index in [1.165, 1.54) is 5.56 Å². The molecule has 94 valence electrons. The van der Waals surface area contributed by atoms with Gasteiger partial charge in [-0.25, -0.2) is 4.98 Å². The largest absolute Gasteiger partial charge is 0.347 e. The van der Waals surface area contributed by atoms with Gasteiger partial charge in [0, 0.05) is 30.1 Å². The minimum Gasteiger partial charge on any atom is -0.347 e. The lowest BCUT2D eigenvalue weighted by atomic mass is 10.0. The van der Waals surface area contributed by atoms with Crippen molar-refractivity contribution in [3.63, 3.8) is 0 Å². The molecule has 2 aromatic heterocycles. The second kappa shape index (κ2) is 5.40. The smallest absolute Gasteiger partial charge is 0.133 e. The maximum absolute atomic E-state index is 5.38. The summed E-state index contributed by atoms with van der Waals surface area (Å²) in [6, 6.07) is 3.98. The SMILES string of the molecule is Cc1[nH]c(Cc2ccncc2)nc(=S)c1C(C)C. The molecule has 18 heavy (non-hydrogen) atoms. The summed E-state index contributed by atoms with van der Waals surface area (Å²) in [5.41, 5.74) is 3.44. The molecule has 0 aliphatic rings. The lowest BCUT2D eigenvalue weighted by Gasteiger charge is -2.11. The Bertz CT molecular complexity index is 588. The predicted octanol–water partition coefficient (Wildman–Crippen LogP) is 3.56. The van der Waals surface area contributed by atoms with Gasteiger partial charge < -0.3 is 4.98 Å². The van der Waals surface area contributed by atoms with E-state index in [9.17, 15) is 0 Å². The molecule has 0 aromatic carbocycles. The molecule has 0 aliphatic heterocycles. The number of nitrogens with zero attached hydrogens (tertiary/aromatic N) is 2.